The van der Waals surface area contributed by atoms with Crippen molar-refractivity contribution in [2.24, 2.45) is 11.3 Å². The number of piperidine rings is 1. The van der Waals surface area contributed by atoms with Crippen molar-refractivity contribution in [3.05, 3.63) is 71.8 Å². The minimum Gasteiger partial charge on any atom is -0.493 e. The molecule has 0 bridgehead atoms. The number of nitrogens with zero attached hydrogens (tertiary/aromatic N) is 3. The fourth-order valence-corrected chi connectivity index (χ4v) is 6.23. The van der Waals surface area contributed by atoms with Crippen LogP contribution in [-0.4, -0.2) is 78.3 Å². The van der Waals surface area contributed by atoms with Gasteiger partial charge in [-0.1, -0.05) is 48.5 Å². The average molecular weight is 530 g/mol. The highest BCUT2D eigenvalue weighted by atomic mass is 16.5. The maximum Gasteiger partial charge on any atom is 0.246 e. The monoisotopic (exact) mass is 529 g/mol. The zero-order chi connectivity index (χ0) is 27.2. The van der Waals surface area contributed by atoms with E-state index in [0.29, 0.717) is 39.2 Å². The summed E-state index contributed by atoms with van der Waals surface area (Å²) in [6, 6.07) is 17.9. The number of hydrogen-bond donors (Lipinski definition) is 0. The highest BCUT2D eigenvalue weighted by Crippen LogP contribution is 2.41. The number of hydrogen-bond acceptors (Lipinski definition) is 4. The molecule has 2 aromatic carbocycles. The summed E-state index contributed by atoms with van der Waals surface area (Å²) in [6.45, 7) is 6.59. The van der Waals surface area contributed by atoms with Crippen molar-refractivity contribution in [3.63, 3.8) is 0 Å². The second-order valence-electron chi connectivity index (χ2n) is 11.1. The summed E-state index contributed by atoms with van der Waals surface area (Å²) in [5.74, 6) is 0.761. The smallest absolute Gasteiger partial charge is 0.246 e. The molecule has 0 radical (unpaired) electrons. The van der Waals surface area contributed by atoms with Gasteiger partial charge in [0.2, 0.25) is 17.7 Å². The van der Waals surface area contributed by atoms with Crippen molar-refractivity contribution < 1.29 is 19.1 Å². The lowest BCUT2D eigenvalue weighted by molar-refractivity contribution is -0.135. The molecule has 1 unspecified atom stereocenters. The lowest BCUT2D eigenvalue weighted by Gasteiger charge is -2.39. The number of rotatable bonds is 8. The summed E-state index contributed by atoms with van der Waals surface area (Å²) in [7, 11) is 0. The van der Waals surface area contributed by atoms with Gasteiger partial charge in [-0.25, -0.2) is 0 Å². The van der Waals surface area contributed by atoms with Gasteiger partial charge in [-0.15, -0.1) is 0 Å². The zero-order valence-corrected chi connectivity index (χ0v) is 22.9. The second-order valence-corrected chi connectivity index (χ2v) is 11.1. The van der Waals surface area contributed by atoms with E-state index in [1.807, 2.05) is 70.2 Å². The van der Waals surface area contributed by atoms with Crippen molar-refractivity contribution in [1.29, 1.82) is 0 Å². The first-order valence-electron chi connectivity index (χ1n) is 14.3. The van der Waals surface area contributed by atoms with E-state index in [1.54, 1.807) is 6.08 Å². The van der Waals surface area contributed by atoms with Crippen LogP contribution in [0, 0.1) is 11.3 Å². The number of carbonyl (C=O) groups is 3. The number of ether oxygens (including phenoxy) is 1. The summed E-state index contributed by atoms with van der Waals surface area (Å²) < 4.78 is 5.66. The van der Waals surface area contributed by atoms with Gasteiger partial charge in [0.25, 0.3) is 0 Å². The van der Waals surface area contributed by atoms with Crippen molar-refractivity contribution in [3.8, 4) is 5.75 Å². The Labute approximate surface area is 231 Å². The van der Waals surface area contributed by atoms with Gasteiger partial charge in [0, 0.05) is 57.3 Å². The Morgan fingerprint density at radius 1 is 0.974 bits per heavy atom. The molecule has 1 spiro atoms. The molecule has 206 valence electrons. The molecule has 3 fully saturated rings. The molecular weight excluding hydrogens is 490 g/mol. The number of para-hydroxylation sites is 1. The van der Waals surface area contributed by atoms with E-state index in [0.717, 1.165) is 50.1 Å². The number of likely N-dealkylation sites (tertiary alicyclic amines) is 3. The highest BCUT2D eigenvalue weighted by Gasteiger charge is 2.45. The van der Waals surface area contributed by atoms with Crippen LogP contribution in [0.25, 0.3) is 6.08 Å². The Hall–Kier alpha value is -3.61. The van der Waals surface area contributed by atoms with Gasteiger partial charge in [0.1, 0.15) is 5.75 Å². The molecule has 0 saturated carbocycles. The molecule has 0 N–H and O–H groups in total. The van der Waals surface area contributed by atoms with Crippen LogP contribution >= 0.6 is 0 Å². The first-order chi connectivity index (χ1) is 19.0. The van der Waals surface area contributed by atoms with Gasteiger partial charge in [-0.05, 0) is 55.7 Å². The zero-order valence-electron chi connectivity index (χ0n) is 22.9. The molecule has 2 aromatic rings. The van der Waals surface area contributed by atoms with E-state index in [4.69, 9.17) is 4.74 Å². The van der Waals surface area contributed by atoms with Crippen molar-refractivity contribution in [2.45, 2.75) is 39.0 Å². The SMILES string of the molecule is CCOc1ccccc1/C=C/C(=O)N1CCC2(CC1)CCN(C(=O)C1CC(=O)N(CCc3ccccc3)C1)C2. The molecule has 5 rings (SSSR count). The molecule has 7 nitrogen and oxygen atoms in total. The normalized spacial score (nSPS) is 20.8. The maximum absolute atomic E-state index is 13.4. The minimum atomic E-state index is -0.241. The van der Waals surface area contributed by atoms with Crippen LogP contribution in [0.5, 0.6) is 5.75 Å². The first kappa shape index (κ1) is 27.0. The molecule has 7 heteroatoms. The van der Waals surface area contributed by atoms with Gasteiger partial charge in [-0.2, -0.15) is 0 Å². The highest BCUT2D eigenvalue weighted by molar-refractivity contribution is 5.92. The maximum atomic E-state index is 13.4. The van der Waals surface area contributed by atoms with Gasteiger partial charge >= 0.3 is 0 Å². The van der Waals surface area contributed by atoms with E-state index >= 15 is 0 Å². The summed E-state index contributed by atoms with van der Waals surface area (Å²) >= 11 is 0. The van der Waals surface area contributed by atoms with Crippen molar-refractivity contribution >= 4 is 23.8 Å². The van der Waals surface area contributed by atoms with Crippen LogP contribution in [0.1, 0.15) is 43.7 Å². The molecule has 3 aliphatic heterocycles. The predicted octanol–water partition coefficient (Wildman–Crippen LogP) is 4.03. The van der Waals surface area contributed by atoms with Crippen LogP contribution < -0.4 is 4.74 Å². The van der Waals surface area contributed by atoms with Gasteiger partial charge in [0.05, 0.1) is 12.5 Å². The Morgan fingerprint density at radius 2 is 1.67 bits per heavy atom. The van der Waals surface area contributed by atoms with Gasteiger partial charge in [0.15, 0.2) is 0 Å². The van der Waals surface area contributed by atoms with Gasteiger partial charge in [-0.3, -0.25) is 14.4 Å². The largest absolute Gasteiger partial charge is 0.493 e. The molecule has 3 aliphatic rings. The summed E-state index contributed by atoms with van der Waals surface area (Å²) in [5, 5.41) is 0. The number of amides is 3. The number of benzene rings is 2. The third-order valence-electron chi connectivity index (χ3n) is 8.59. The fraction of sp³-hybridized carbons (Fsp3) is 0.469. The van der Waals surface area contributed by atoms with Crippen LogP contribution in [-0.2, 0) is 20.8 Å². The first-order valence-corrected chi connectivity index (χ1v) is 14.3. The number of carbonyl (C=O) groups excluding carboxylic acids is 3. The van der Waals surface area contributed by atoms with Crippen LogP contribution in [0.4, 0.5) is 0 Å². The molecule has 0 aromatic heterocycles. The Kier molecular flexibility index (Phi) is 8.34. The van der Waals surface area contributed by atoms with E-state index < -0.39 is 0 Å². The molecule has 0 aliphatic carbocycles. The molecule has 3 amide bonds. The average Bonchev–Trinajstić information content (AvgIpc) is 3.55. The second kappa shape index (κ2) is 12.1. The molecule has 1 atom stereocenters. The third kappa shape index (κ3) is 6.35. The molecule has 3 saturated heterocycles. The van der Waals surface area contributed by atoms with E-state index in [-0.39, 0.29) is 29.1 Å². The Morgan fingerprint density at radius 3 is 2.41 bits per heavy atom. The Bertz CT molecular complexity index is 1200. The fourth-order valence-electron chi connectivity index (χ4n) is 6.23. The van der Waals surface area contributed by atoms with Crippen LogP contribution in [0.2, 0.25) is 0 Å². The van der Waals surface area contributed by atoms with Crippen molar-refractivity contribution in [2.75, 3.05) is 45.9 Å². The van der Waals surface area contributed by atoms with Gasteiger partial charge < -0.3 is 19.4 Å². The van der Waals surface area contributed by atoms with E-state index in [2.05, 4.69) is 12.1 Å². The summed E-state index contributed by atoms with van der Waals surface area (Å²) in [5.41, 5.74) is 2.18. The minimum absolute atomic E-state index is 0.0159. The van der Waals surface area contributed by atoms with Crippen molar-refractivity contribution in [1.82, 2.24) is 14.7 Å². The van der Waals surface area contributed by atoms with E-state index in [9.17, 15) is 14.4 Å². The van der Waals surface area contributed by atoms with E-state index in [1.165, 1.54) is 5.56 Å². The summed E-state index contributed by atoms with van der Waals surface area (Å²) in [6.07, 6.45) is 7.37. The van der Waals surface area contributed by atoms with Crippen LogP contribution in [0.15, 0.2) is 60.7 Å². The molecular formula is C32H39N3O4. The third-order valence-corrected chi connectivity index (χ3v) is 8.59. The molecule has 39 heavy (non-hydrogen) atoms. The lowest BCUT2D eigenvalue weighted by atomic mass is 9.77. The Balaban J connectivity index is 1.10. The predicted molar refractivity (Wildman–Crippen MR) is 151 cm³/mol. The quantitative estimate of drug-likeness (QED) is 0.484. The standard InChI is InChI=1S/C32H39N3O4/c1-2-39-28-11-7-6-10-26(28)12-13-29(36)33-19-15-32(16-20-33)17-21-35(24-32)31(38)27-22-30(37)34(23-27)18-14-25-8-4-3-5-9-25/h3-13,27H,2,14-24H2,1H3/b13-12+. The lowest BCUT2D eigenvalue weighted by Crippen LogP contribution is -2.44. The van der Waals surface area contributed by atoms with Crippen LogP contribution in [0.3, 0.4) is 0 Å². The molecule has 3 heterocycles. The summed E-state index contributed by atoms with van der Waals surface area (Å²) in [4.78, 5) is 44.6. The topological polar surface area (TPSA) is 70.2 Å².